The maximum Gasteiger partial charge on any atom is 0.0568 e. The molecule has 0 spiro atoms. The second-order valence-electron chi connectivity index (χ2n) is 5.46. The quantitative estimate of drug-likeness (QED) is 0.708. The molecule has 1 aromatic carbocycles. The van der Waals surface area contributed by atoms with Gasteiger partial charge in [-0.25, -0.2) is 0 Å². The third-order valence-electron chi connectivity index (χ3n) is 3.41. The fourth-order valence-corrected chi connectivity index (χ4v) is 2.57. The van der Waals surface area contributed by atoms with Crippen molar-refractivity contribution in [2.45, 2.75) is 33.2 Å². The summed E-state index contributed by atoms with van der Waals surface area (Å²) in [6.45, 7) is 10.7. The van der Waals surface area contributed by atoms with E-state index in [0.29, 0.717) is 6.04 Å². The lowest BCUT2D eigenvalue weighted by molar-refractivity contribution is 0.320. The van der Waals surface area contributed by atoms with E-state index in [0.717, 1.165) is 17.8 Å². The Balaban J connectivity index is 2.44. The monoisotopic (exact) mass is 216 g/mol. The first-order chi connectivity index (χ1) is 7.40. The molecule has 0 radical (unpaired) electrons. The molecule has 0 aromatic heterocycles. The Morgan fingerprint density at radius 1 is 1.44 bits per heavy atom. The average molecular weight is 216 g/mol. The van der Waals surface area contributed by atoms with E-state index >= 15 is 0 Å². The van der Waals surface area contributed by atoms with E-state index in [9.17, 15) is 0 Å². The molecule has 2 heteroatoms. The van der Waals surface area contributed by atoms with Crippen LogP contribution in [0.3, 0.4) is 0 Å². The minimum absolute atomic E-state index is 0.204. The van der Waals surface area contributed by atoms with Crippen LogP contribution in [0.15, 0.2) is 30.5 Å². The fraction of sp³-hybridized carbons (Fsp3) is 0.429. The van der Waals surface area contributed by atoms with Gasteiger partial charge in [0.2, 0.25) is 0 Å². The molecular formula is C14H20N2. The maximum absolute atomic E-state index is 5.87. The third kappa shape index (κ3) is 1.80. The van der Waals surface area contributed by atoms with Crippen molar-refractivity contribution in [2.75, 3.05) is 5.73 Å². The van der Waals surface area contributed by atoms with Gasteiger partial charge in [0.25, 0.3) is 0 Å². The van der Waals surface area contributed by atoms with Gasteiger partial charge in [-0.05, 0) is 42.0 Å². The van der Waals surface area contributed by atoms with Crippen molar-refractivity contribution in [3.05, 3.63) is 41.6 Å². The highest BCUT2D eigenvalue weighted by Crippen LogP contribution is 2.45. The van der Waals surface area contributed by atoms with E-state index in [1.807, 2.05) is 6.07 Å². The largest absolute Gasteiger partial charge is 0.399 e. The topological polar surface area (TPSA) is 38.0 Å². The first-order valence-electron chi connectivity index (χ1n) is 5.70. The number of aryl methyl sites for hydroxylation is 1. The summed E-state index contributed by atoms with van der Waals surface area (Å²) in [5.41, 5.74) is 10.6. The van der Waals surface area contributed by atoms with Gasteiger partial charge in [0.15, 0.2) is 0 Å². The van der Waals surface area contributed by atoms with E-state index in [1.54, 1.807) is 0 Å². The van der Waals surface area contributed by atoms with Crippen LogP contribution in [-0.2, 0) is 0 Å². The number of benzene rings is 1. The number of hydrogen-bond donors (Lipinski definition) is 2. The minimum Gasteiger partial charge on any atom is -0.399 e. The van der Waals surface area contributed by atoms with Crippen molar-refractivity contribution in [3.8, 4) is 0 Å². The van der Waals surface area contributed by atoms with Crippen LogP contribution < -0.4 is 11.1 Å². The fourth-order valence-electron chi connectivity index (χ4n) is 2.57. The van der Waals surface area contributed by atoms with Gasteiger partial charge in [-0.1, -0.05) is 26.5 Å². The first-order valence-corrected chi connectivity index (χ1v) is 5.70. The number of rotatable bonds is 1. The van der Waals surface area contributed by atoms with Crippen molar-refractivity contribution in [2.24, 2.45) is 5.41 Å². The van der Waals surface area contributed by atoms with Gasteiger partial charge in [-0.15, -0.1) is 0 Å². The summed E-state index contributed by atoms with van der Waals surface area (Å²) in [4.78, 5) is 0. The molecule has 1 aliphatic rings. The molecule has 16 heavy (non-hydrogen) atoms. The van der Waals surface area contributed by atoms with Crippen molar-refractivity contribution in [1.82, 2.24) is 5.32 Å². The normalized spacial score (nSPS) is 23.2. The molecule has 1 fully saturated rings. The molecule has 1 saturated heterocycles. The molecule has 0 bridgehead atoms. The van der Waals surface area contributed by atoms with E-state index in [1.165, 1.54) is 11.1 Å². The van der Waals surface area contributed by atoms with Crippen LogP contribution in [0.5, 0.6) is 0 Å². The Hall–Kier alpha value is -1.44. The Kier molecular flexibility index (Phi) is 2.45. The lowest BCUT2D eigenvalue weighted by atomic mass is 9.80. The highest BCUT2D eigenvalue weighted by atomic mass is 15.0. The van der Waals surface area contributed by atoms with Gasteiger partial charge in [-0.3, -0.25) is 0 Å². The van der Waals surface area contributed by atoms with Crippen molar-refractivity contribution >= 4 is 5.69 Å². The molecule has 1 atom stereocenters. The molecule has 1 aliphatic heterocycles. The lowest BCUT2D eigenvalue weighted by Gasteiger charge is -2.28. The highest BCUT2D eigenvalue weighted by Gasteiger charge is 2.37. The molecule has 2 nitrogen and oxygen atoms in total. The average Bonchev–Trinajstić information content (AvgIpc) is 2.43. The number of nitrogens with two attached hydrogens (primary N) is 1. The summed E-state index contributed by atoms with van der Waals surface area (Å²) in [6.07, 6.45) is 1.02. The number of nitrogen functional groups attached to an aromatic ring is 1. The summed E-state index contributed by atoms with van der Waals surface area (Å²) in [5.74, 6) is 0. The highest BCUT2D eigenvalue weighted by molar-refractivity contribution is 5.46. The van der Waals surface area contributed by atoms with Gasteiger partial charge in [-0.2, -0.15) is 0 Å². The molecule has 2 rings (SSSR count). The van der Waals surface area contributed by atoms with Gasteiger partial charge in [0, 0.05) is 11.4 Å². The van der Waals surface area contributed by atoms with E-state index in [2.05, 4.69) is 44.8 Å². The van der Waals surface area contributed by atoms with Gasteiger partial charge < -0.3 is 11.1 Å². The summed E-state index contributed by atoms with van der Waals surface area (Å²) in [6, 6.07) is 6.44. The van der Waals surface area contributed by atoms with E-state index in [4.69, 9.17) is 5.73 Å². The SMILES string of the molecule is C=C1CC(C)(C)C(c2cc(N)ccc2C)N1. The second-order valence-corrected chi connectivity index (χ2v) is 5.46. The van der Waals surface area contributed by atoms with Crippen molar-refractivity contribution in [3.63, 3.8) is 0 Å². The molecule has 0 aliphatic carbocycles. The van der Waals surface area contributed by atoms with Crippen LogP contribution in [-0.4, -0.2) is 0 Å². The number of nitrogens with one attached hydrogen (secondary N) is 1. The molecular weight excluding hydrogens is 196 g/mol. The minimum atomic E-state index is 0.204. The lowest BCUT2D eigenvalue weighted by Crippen LogP contribution is -2.24. The Morgan fingerprint density at radius 3 is 2.69 bits per heavy atom. The smallest absolute Gasteiger partial charge is 0.0568 e. The molecule has 3 N–H and O–H groups in total. The van der Waals surface area contributed by atoms with Gasteiger partial charge in [0.05, 0.1) is 6.04 Å². The summed E-state index contributed by atoms with van der Waals surface area (Å²) in [5, 5.41) is 3.48. The van der Waals surface area contributed by atoms with Gasteiger partial charge >= 0.3 is 0 Å². The van der Waals surface area contributed by atoms with Crippen LogP contribution in [0.2, 0.25) is 0 Å². The molecule has 0 amide bonds. The third-order valence-corrected chi connectivity index (χ3v) is 3.41. The van der Waals surface area contributed by atoms with Crippen LogP contribution in [0, 0.1) is 12.3 Å². The maximum atomic E-state index is 5.87. The predicted molar refractivity (Wildman–Crippen MR) is 69.0 cm³/mol. The van der Waals surface area contributed by atoms with Crippen LogP contribution in [0.1, 0.15) is 37.4 Å². The Morgan fingerprint density at radius 2 is 2.12 bits per heavy atom. The number of anilines is 1. The molecule has 1 unspecified atom stereocenters. The van der Waals surface area contributed by atoms with Crippen LogP contribution in [0.25, 0.3) is 0 Å². The number of hydrogen-bond acceptors (Lipinski definition) is 2. The van der Waals surface area contributed by atoms with Crippen molar-refractivity contribution in [1.29, 1.82) is 0 Å². The Labute approximate surface area is 97.5 Å². The summed E-state index contributed by atoms with van der Waals surface area (Å²) < 4.78 is 0. The second kappa shape index (κ2) is 3.55. The molecule has 1 heterocycles. The van der Waals surface area contributed by atoms with E-state index < -0.39 is 0 Å². The first kappa shape index (κ1) is 11.1. The Bertz CT molecular complexity index is 432. The standard InChI is InChI=1S/C14H20N2/c1-9-5-6-11(15)7-12(9)13-14(3,4)8-10(2)16-13/h5-7,13,16H,2,8,15H2,1,3-4H3. The molecule has 1 aromatic rings. The summed E-state index contributed by atoms with van der Waals surface area (Å²) in [7, 11) is 0. The van der Waals surface area contributed by atoms with Crippen LogP contribution >= 0.6 is 0 Å². The van der Waals surface area contributed by atoms with Crippen LogP contribution in [0.4, 0.5) is 5.69 Å². The zero-order chi connectivity index (χ0) is 11.9. The molecule has 86 valence electrons. The molecule has 0 saturated carbocycles. The zero-order valence-electron chi connectivity index (χ0n) is 10.3. The van der Waals surface area contributed by atoms with E-state index in [-0.39, 0.29) is 5.41 Å². The van der Waals surface area contributed by atoms with Crippen molar-refractivity contribution < 1.29 is 0 Å². The number of allylic oxidation sites excluding steroid dienone is 1. The zero-order valence-corrected chi connectivity index (χ0v) is 10.3. The van der Waals surface area contributed by atoms with Gasteiger partial charge in [0.1, 0.15) is 0 Å². The summed E-state index contributed by atoms with van der Waals surface area (Å²) >= 11 is 0. The predicted octanol–water partition coefficient (Wildman–Crippen LogP) is 3.15.